The fraction of sp³-hybridized carbons (Fsp3) is 0.412. The number of nitrogens with zero attached hydrogens (tertiary/aromatic N) is 7. The summed E-state index contributed by atoms with van der Waals surface area (Å²) in [4.78, 5) is 35.1. The number of rotatable bonds is 10. The van der Waals surface area contributed by atoms with E-state index in [1.165, 1.54) is 49.0 Å². The van der Waals surface area contributed by atoms with Gasteiger partial charge in [0.15, 0.2) is 17.8 Å². The molecule has 1 fully saturated rings. The number of nitrogens with one attached hydrogen (secondary N) is 1. The molecule has 2 amide bonds. The monoisotopic (exact) mass is 815 g/mol. The van der Waals surface area contributed by atoms with E-state index in [2.05, 4.69) is 47.9 Å². The number of alkyl carbamates (subject to hydrolysis) is 1. The summed E-state index contributed by atoms with van der Waals surface area (Å²) >= 11 is 6.31. The lowest BCUT2D eigenvalue weighted by atomic mass is 10.0. The van der Waals surface area contributed by atoms with Crippen molar-refractivity contribution in [1.29, 1.82) is 0 Å². The number of amides is 2. The van der Waals surface area contributed by atoms with E-state index >= 15 is 4.39 Å². The van der Waals surface area contributed by atoms with Gasteiger partial charge in [-0.3, -0.25) is 9.69 Å². The van der Waals surface area contributed by atoms with Gasteiger partial charge in [-0.25, -0.2) is 36.8 Å². The number of hydrogen-bond donors (Lipinski definition) is 2. The Labute approximate surface area is 318 Å². The second-order valence-electron chi connectivity index (χ2n) is 14.3. The van der Waals surface area contributed by atoms with Crippen LogP contribution in [0.3, 0.4) is 0 Å². The molecule has 2 aliphatic rings. The second-order valence-corrected chi connectivity index (χ2v) is 15.9. The van der Waals surface area contributed by atoms with Gasteiger partial charge in [0, 0.05) is 23.6 Å². The molecule has 0 spiro atoms. The van der Waals surface area contributed by atoms with Crippen LogP contribution >= 0.6 is 11.6 Å². The summed E-state index contributed by atoms with van der Waals surface area (Å²) in [5.41, 5.74) is 4.64. The van der Waals surface area contributed by atoms with E-state index < -0.39 is 77.4 Å². The highest BCUT2D eigenvalue weighted by Crippen LogP contribution is 2.49. The zero-order valence-corrected chi connectivity index (χ0v) is 31.5. The minimum Gasteiger partial charge on any atom is -0.447 e. The summed E-state index contributed by atoms with van der Waals surface area (Å²) < 4.78 is 102. The molecule has 4 aromatic rings. The Kier molecular flexibility index (Phi) is 11.7. The third kappa shape index (κ3) is 9.29. The first-order valence-corrected chi connectivity index (χ1v) is 18.3. The van der Waals surface area contributed by atoms with Crippen molar-refractivity contribution in [3.05, 3.63) is 82.9 Å². The summed E-state index contributed by atoms with van der Waals surface area (Å²) in [5.74, 6) is -2.80. The molecule has 1 aliphatic carbocycles. The Balaban J connectivity index is 0.00000109. The van der Waals surface area contributed by atoms with Crippen molar-refractivity contribution in [2.45, 2.75) is 70.8 Å². The summed E-state index contributed by atoms with van der Waals surface area (Å²) in [6.45, 7) is 7.96. The quantitative estimate of drug-likeness (QED) is 0.165. The van der Waals surface area contributed by atoms with Gasteiger partial charge in [0.25, 0.3) is 12.3 Å². The molecule has 55 heavy (non-hydrogen) atoms. The van der Waals surface area contributed by atoms with Gasteiger partial charge in [-0.15, -0.1) is 0 Å². The van der Waals surface area contributed by atoms with E-state index in [4.69, 9.17) is 22.1 Å². The van der Waals surface area contributed by atoms with Crippen molar-refractivity contribution in [2.24, 2.45) is 16.1 Å². The number of aliphatic imine (C=N–C) groups is 1. The Morgan fingerprint density at radius 1 is 1.13 bits per heavy atom. The fourth-order valence-corrected chi connectivity index (χ4v) is 5.98. The largest absolute Gasteiger partial charge is 0.447 e. The van der Waals surface area contributed by atoms with Crippen molar-refractivity contribution < 1.29 is 44.9 Å². The Bertz CT molecular complexity index is 2130. The molecule has 1 aliphatic heterocycles. The minimum absolute atomic E-state index is 0.0624. The number of ether oxygens (including phenoxy) is 1. The predicted octanol–water partition coefficient (Wildman–Crippen LogP) is 6.82. The second kappa shape index (κ2) is 15.6. The van der Waals surface area contributed by atoms with E-state index in [0.29, 0.717) is 11.0 Å². The Hall–Kier alpha value is -4.98. The van der Waals surface area contributed by atoms with E-state index in [1.807, 2.05) is 5.32 Å². The van der Waals surface area contributed by atoms with Crippen LogP contribution in [0.2, 0.25) is 5.02 Å². The first-order chi connectivity index (χ1) is 25.6. The number of carbonyl (C=O) groups is 2. The predicted molar refractivity (Wildman–Crippen MR) is 190 cm³/mol. The summed E-state index contributed by atoms with van der Waals surface area (Å²) in [6.07, 6.45) is -5.04. The maximum atomic E-state index is 15.3. The molecule has 3 atom stereocenters. The molecule has 6 rings (SSSR count). The fourth-order valence-electron chi connectivity index (χ4n) is 5.34. The number of halogens is 7. The van der Waals surface area contributed by atoms with Gasteiger partial charge in [-0.05, 0) is 47.6 Å². The van der Waals surface area contributed by atoms with Crippen LogP contribution in [-0.2, 0) is 20.5 Å². The maximum Gasteiger partial charge on any atom is 0.411 e. The van der Waals surface area contributed by atoms with Crippen molar-refractivity contribution in [3.63, 3.8) is 0 Å². The molecular formula is C34H36ClF6N9O4S. The summed E-state index contributed by atoms with van der Waals surface area (Å²) in [7, 11) is -1.49. The van der Waals surface area contributed by atoms with Gasteiger partial charge in [-0.1, -0.05) is 57.5 Å². The zero-order chi connectivity index (χ0) is 40.6. The van der Waals surface area contributed by atoms with Crippen LogP contribution in [0.1, 0.15) is 76.0 Å². The molecule has 2 aromatic heterocycles. The Morgan fingerprint density at radius 3 is 2.36 bits per heavy atom. The average Bonchev–Trinajstić information content (AvgIpc) is 3.39. The number of aromatic nitrogens is 5. The number of alkyl halides is 5. The van der Waals surface area contributed by atoms with Crippen molar-refractivity contribution in [1.82, 2.24) is 34.2 Å². The molecule has 1 saturated carbocycles. The van der Waals surface area contributed by atoms with E-state index in [1.54, 1.807) is 0 Å². The maximum absolute atomic E-state index is 15.3. The van der Waals surface area contributed by atoms with Crippen LogP contribution in [0, 0.1) is 11.2 Å². The number of hydrogen-bond acceptors (Lipinski definition) is 9. The minimum atomic E-state index is -4.74. The normalized spacial score (nSPS) is 17.7. The topological polar surface area (TPSA) is 163 Å². The van der Waals surface area contributed by atoms with Gasteiger partial charge in [0.05, 0.1) is 22.9 Å². The number of guanidine groups is 1. The van der Waals surface area contributed by atoms with Crippen molar-refractivity contribution >= 4 is 40.5 Å². The molecule has 13 nitrogen and oxygen atoms in total. The van der Waals surface area contributed by atoms with Crippen LogP contribution in [-0.4, -0.2) is 75.6 Å². The highest BCUT2D eigenvalue weighted by atomic mass is 35.5. The molecule has 21 heteroatoms. The molecule has 0 bridgehead atoms. The van der Waals surface area contributed by atoms with Crippen LogP contribution in [0.15, 0.2) is 60.1 Å². The smallest absolute Gasteiger partial charge is 0.411 e. The van der Waals surface area contributed by atoms with Crippen LogP contribution < -0.4 is 11.1 Å². The average molecular weight is 816 g/mol. The number of benzene rings is 2. The summed E-state index contributed by atoms with van der Waals surface area (Å²) in [6, 6.07) is 4.85. The lowest BCUT2D eigenvalue weighted by Crippen LogP contribution is -2.49. The third-order valence-electron chi connectivity index (χ3n) is 8.09. The molecule has 3 unspecified atom stereocenters. The molecular weight excluding hydrogens is 780 g/mol. The van der Waals surface area contributed by atoms with Crippen LogP contribution in [0.4, 0.5) is 31.1 Å². The van der Waals surface area contributed by atoms with E-state index in [0.717, 1.165) is 26.1 Å². The van der Waals surface area contributed by atoms with E-state index in [9.17, 15) is 35.8 Å². The highest BCUT2D eigenvalue weighted by Gasteiger charge is 2.64. The van der Waals surface area contributed by atoms with E-state index in [-0.39, 0.29) is 40.2 Å². The molecule has 3 N–H and O–H groups in total. The standard InChI is InChI=1S/C29H24ClF6N9O4S.C5H12/c1-50(48)43-11-16(10-39-43)17-4-2-15(8-19(17)31)22-25(46)44(26(37)41-22)21(12-49-27(47)42-28(6-7-28)29(34,35)36)14-3-5-18(30)20(9-14)45-24(23(32)33)38-13-40-45;1-5(2,3)4/h2-5,8-11,13,21-23H,6-7,12H2,1H3,(H2,37,41)(H,42,47);1-4H3. The number of carbonyl (C=O) groups excluding carboxylic acids is 2. The van der Waals surface area contributed by atoms with Gasteiger partial charge >= 0.3 is 12.3 Å². The SMILES string of the molecule is CC(C)(C)C.CS(=O)n1cc(-c2ccc(C3N=C(N)N(C(COC(=O)NC4(C(F)(F)F)CC4)c4ccc(Cl)c(-n5ncnc5C(F)F)c4)C3=O)cc2F)cn1. The van der Waals surface area contributed by atoms with Crippen LogP contribution in [0.25, 0.3) is 16.8 Å². The lowest BCUT2D eigenvalue weighted by Gasteiger charge is -2.29. The van der Waals surface area contributed by atoms with Crippen LogP contribution in [0.5, 0.6) is 0 Å². The van der Waals surface area contributed by atoms with Gasteiger partial charge < -0.3 is 15.8 Å². The lowest BCUT2D eigenvalue weighted by molar-refractivity contribution is -0.164. The highest BCUT2D eigenvalue weighted by molar-refractivity contribution is 7.82. The summed E-state index contributed by atoms with van der Waals surface area (Å²) in [5, 5.41) is 9.46. The zero-order valence-electron chi connectivity index (χ0n) is 29.9. The van der Waals surface area contributed by atoms with Crippen molar-refractivity contribution in [3.8, 4) is 16.8 Å². The Morgan fingerprint density at radius 2 is 1.80 bits per heavy atom. The van der Waals surface area contributed by atoms with Crippen molar-refractivity contribution in [2.75, 3.05) is 12.9 Å². The first kappa shape index (κ1) is 41.2. The molecule has 0 radical (unpaired) electrons. The van der Waals surface area contributed by atoms with Gasteiger partial charge in [-0.2, -0.15) is 27.5 Å². The molecule has 2 aromatic carbocycles. The number of nitrogens with two attached hydrogens (primary N) is 1. The third-order valence-corrected chi connectivity index (χ3v) is 9.14. The first-order valence-electron chi connectivity index (χ1n) is 16.4. The van der Waals surface area contributed by atoms with Gasteiger partial charge in [0.2, 0.25) is 0 Å². The molecule has 296 valence electrons. The molecule has 0 saturated heterocycles. The molecule has 3 heterocycles. The van der Waals surface area contributed by atoms with Gasteiger partial charge in [0.1, 0.15) is 35.3 Å².